The van der Waals surface area contributed by atoms with E-state index >= 15 is 0 Å². The van der Waals surface area contributed by atoms with E-state index in [1.165, 1.54) is 11.3 Å². The minimum Gasteiger partial charge on any atom is -0.494 e. The number of anilines is 1. The number of unbranched alkanes of at least 4 members (excludes halogenated alkanes) is 1. The molecule has 0 atom stereocenters. The molecule has 22 heavy (non-hydrogen) atoms. The van der Waals surface area contributed by atoms with Crippen LogP contribution in [0.2, 0.25) is 0 Å². The molecule has 1 N–H and O–H groups in total. The Morgan fingerprint density at radius 3 is 2.86 bits per heavy atom. The van der Waals surface area contributed by atoms with Crippen molar-refractivity contribution in [3.63, 3.8) is 0 Å². The SMILES string of the molecule is CCCCOc1ccc(C(=O)Nc2nc3c(s2)CCC3)cc1. The van der Waals surface area contributed by atoms with E-state index in [2.05, 4.69) is 17.2 Å². The molecular formula is C17H20N2O2S. The number of hydrogen-bond donors (Lipinski definition) is 1. The molecule has 3 rings (SSSR count). The lowest BCUT2D eigenvalue weighted by Crippen LogP contribution is -2.11. The van der Waals surface area contributed by atoms with Gasteiger partial charge in [0, 0.05) is 10.4 Å². The molecule has 0 bridgehead atoms. The predicted molar refractivity (Wildman–Crippen MR) is 88.9 cm³/mol. The predicted octanol–water partition coefficient (Wildman–Crippen LogP) is 4.06. The average Bonchev–Trinajstić information content (AvgIpc) is 3.09. The van der Waals surface area contributed by atoms with Gasteiger partial charge in [-0.05, 0) is 49.9 Å². The molecule has 0 saturated heterocycles. The summed E-state index contributed by atoms with van der Waals surface area (Å²) in [5, 5.41) is 3.59. The highest BCUT2D eigenvalue weighted by molar-refractivity contribution is 7.15. The number of hydrogen-bond acceptors (Lipinski definition) is 4. The fraction of sp³-hybridized carbons (Fsp3) is 0.412. The van der Waals surface area contributed by atoms with Gasteiger partial charge >= 0.3 is 0 Å². The topological polar surface area (TPSA) is 51.2 Å². The van der Waals surface area contributed by atoms with Crippen molar-refractivity contribution >= 4 is 22.4 Å². The quantitative estimate of drug-likeness (QED) is 0.818. The first kappa shape index (κ1) is 15.0. The summed E-state index contributed by atoms with van der Waals surface area (Å²) in [6.45, 7) is 2.85. The standard InChI is InChI=1S/C17H20N2O2S/c1-2-3-11-21-13-9-7-12(8-10-13)16(20)19-17-18-14-5-4-6-15(14)22-17/h7-10H,2-6,11H2,1H3,(H,18,19,20). The number of benzene rings is 1. The number of nitrogens with zero attached hydrogens (tertiary/aromatic N) is 1. The minimum absolute atomic E-state index is 0.118. The Labute approximate surface area is 134 Å². The van der Waals surface area contributed by atoms with E-state index in [1.807, 2.05) is 12.1 Å². The number of aromatic nitrogens is 1. The molecule has 1 heterocycles. The Morgan fingerprint density at radius 1 is 1.32 bits per heavy atom. The van der Waals surface area contributed by atoms with Crippen LogP contribution in [0.1, 0.15) is 47.1 Å². The highest BCUT2D eigenvalue weighted by Gasteiger charge is 2.18. The van der Waals surface area contributed by atoms with E-state index in [0.717, 1.165) is 37.1 Å². The Morgan fingerprint density at radius 2 is 2.14 bits per heavy atom. The highest BCUT2D eigenvalue weighted by atomic mass is 32.1. The normalized spacial score (nSPS) is 13.0. The molecule has 0 fully saturated rings. The molecule has 5 heteroatoms. The summed E-state index contributed by atoms with van der Waals surface area (Å²) in [5.41, 5.74) is 1.78. The van der Waals surface area contributed by atoms with Crippen LogP contribution in [-0.4, -0.2) is 17.5 Å². The summed E-state index contributed by atoms with van der Waals surface area (Å²) in [6, 6.07) is 7.26. The van der Waals surface area contributed by atoms with E-state index < -0.39 is 0 Å². The van der Waals surface area contributed by atoms with Crippen molar-refractivity contribution in [2.45, 2.75) is 39.0 Å². The fourth-order valence-electron chi connectivity index (χ4n) is 2.45. The van der Waals surface area contributed by atoms with Crippen LogP contribution < -0.4 is 10.1 Å². The van der Waals surface area contributed by atoms with Gasteiger partial charge in [-0.1, -0.05) is 13.3 Å². The summed E-state index contributed by atoms with van der Waals surface area (Å²) in [6.07, 6.45) is 5.45. The molecule has 1 aliphatic carbocycles. The van der Waals surface area contributed by atoms with Crippen LogP contribution >= 0.6 is 11.3 Å². The Bertz CT molecular complexity index is 628. The molecule has 116 valence electrons. The number of fused-ring (bicyclic) bond motifs is 1. The van der Waals surface area contributed by atoms with E-state index in [4.69, 9.17) is 4.74 Å². The van der Waals surface area contributed by atoms with E-state index in [-0.39, 0.29) is 5.91 Å². The smallest absolute Gasteiger partial charge is 0.257 e. The summed E-state index contributed by atoms with van der Waals surface area (Å²) in [7, 11) is 0. The third kappa shape index (κ3) is 3.47. The summed E-state index contributed by atoms with van der Waals surface area (Å²) >= 11 is 1.59. The van der Waals surface area contributed by atoms with Gasteiger partial charge < -0.3 is 4.74 Å². The van der Waals surface area contributed by atoms with Crippen molar-refractivity contribution < 1.29 is 9.53 Å². The van der Waals surface area contributed by atoms with Gasteiger partial charge in [-0.3, -0.25) is 10.1 Å². The number of amides is 1. The Balaban J connectivity index is 1.59. The number of thiazole rings is 1. The second-order valence-corrected chi connectivity index (χ2v) is 6.51. The number of rotatable bonds is 6. The molecule has 4 nitrogen and oxygen atoms in total. The molecule has 1 aliphatic rings. The highest BCUT2D eigenvalue weighted by Crippen LogP contribution is 2.30. The third-order valence-corrected chi connectivity index (χ3v) is 4.77. The van der Waals surface area contributed by atoms with Crippen molar-refractivity contribution in [3.8, 4) is 5.75 Å². The van der Waals surface area contributed by atoms with Crippen molar-refractivity contribution in [3.05, 3.63) is 40.4 Å². The zero-order chi connectivity index (χ0) is 15.4. The van der Waals surface area contributed by atoms with E-state index in [0.29, 0.717) is 17.3 Å². The summed E-state index contributed by atoms with van der Waals surface area (Å²) in [4.78, 5) is 18.0. The van der Waals surface area contributed by atoms with Gasteiger partial charge in [0.2, 0.25) is 0 Å². The fourth-order valence-corrected chi connectivity index (χ4v) is 3.49. The van der Waals surface area contributed by atoms with Crippen molar-refractivity contribution in [1.82, 2.24) is 4.98 Å². The first-order chi connectivity index (χ1) is 10.8. The van der Waals surface area contributed by atoms with Gasteiger partial charge in [0.15, 0.2) is 5.13 Å². The molecule has 2 aromatic rings. The zero-order valence-electron chi connectivity index (χ0n) is 12.7. The molecule has 0 aliphatic heterocycles. The molecular weight excluding hydrogens is 296 g/mol. The lowest BCUT2D eigenvalue weighted by Gasteiger charge is -2.06. The second-order valence-electron chi connectivity index (χ2n) is 5.42. The number of nitrogens with one attached hydrogen (secondary N) is 1. The number of carbonyl (C=O) groups excluding carboxylic acids is 1. The van der Waals surface area contributed by atoms with Crippen LogP contribution in [0.5, 0.6) is 5.75 Å². The maximum Gasteiger partial charge on any atom is 0.257 e. The number of aryl methyl sites for hydroxylation is 2. The Hall–Kier alpha value is -1.88. The number of ether oxygens (including phenoxy) is 1. The molecule has 0 spiro atoms. The second kappa shape index (κ2) is 6.92. The maximum absolute atomic E-state index is 12.2. The van der Waals surface area contributed by atoms with Crippen LogP contribution in [0.3, 0.4) is 0 Å². The lowest BCUT2D eigenvalue weighted by molar-refractivity contribution is 0.102. The van der Waals surface area contributed by atoms with Gasteiger partial charge in [-0.15, -0.1) is 11.3 Å². The van der Waals surface area contributed by atoms with Crippen LogP contribution in [0.25, 0.3) is 0 Å². The van der Waals surface area contributed by atoms with Crippen LogP contribution in [-0.2, 0) is 12.8 Å². The van der Waals surface area contributed by atoms with Crippen LogP contribution in [0.15, 0.2) is 24.3 Å². The molecule has 1 aromatic heterocycles. The monoisotopic (exact) mass is 316 g/mol. The van der Waals surface area contributed by atoms with Crippen LogP contribution in [0.4, 0.5) is 5.13 Å². The van der Waals surface area contributed by atoms with Gasteiger partial charge in [-0.25, -0.2) is 4.98 Å². The largest absolute Gasteiger partial charge is 0.494 e. The van der Waals surface area contributed by atoms with Gasteiger partial charge in [0.25, 0.3) is 5.91 Å². The molecule has 0 saturated carbocycles. The average molecular weight is 316 g/mol. The van der Waals surface area contributed by atoms with Crippen molar-refractivity contribution in [1.29, 1.82) is 0 Å². The minimum atomic E-state index is -0.118. The summed E-state index contributed by atoms with van der Waals surface area (Å²) < 4.78 is 5.60. The van der Waals surface area contributed by atoms with Gasteiger partial charge in [-0.2, -0.15) is 0 Å². The van der Waals surface area contributed by atoms with E-state index in [9.17, 15) is 4.79 Å². The van der Waals surface area contributed by atoms with Gasteiger partial charge in [0.05, 0.1) is 12.3 Å². The molecule has 0 radical (unpaired) electrons. The first-order valence-electron chi connectivity index (χ1n) is 7.79. The molecule has 1 aromatic carbocycles. The van der Waals surface area contributed by atoms with Crippen LogP contribution in [0, 0.1) is 0 Å². The lowest BCUT2D eigenvalue weighted by atomic mass is 10.2. The maximum atomic E-state index is 12.2. The summed E-state index contributed by atoms with van der Waals surface area (Å²) in [5.74, 6) is 0.686. The number of carbonyl (C=O) groups is 1. The van der Waals surface area contributed by atoms with Gasteiger partial charge in [0.1, 0.15) is 5.75 Å². The van der Waals surface area contributed by atoms with E-state index in [1.54, 1.807) is 23.5 Å². The molecule has 1 amide bonds. The zero-order valence-corrected chi connectivity index (χ0v) is 13.5. The van der Waals surface area contributed by atoms with Crippen molar-refractivity contribution in [2.75, 3.05) is 11.9 Å². The first-order valence-corrected chi connectivity index (χ1v) is 8.60. The van der Waals surface area contributed by atoms with Crippen molar-refractivity contribution in [2.24, 2.45) is 0 Å². The molecule has 0 unspecified atom stereocenters. The Kier molecular flexibility index (Phi) is 4.73. The third-order valence-electron chi connectivity index (χ3n) is 3.70.